The molecule has 0 fully saturated rings. The highest BCUT2D eigenvalue weighted by Gasteiger charge is 2.15. The van der Waals surface area contributed by atoms with Crippen LogP contribution in [0.3, 0.4) is 0 Å². The molecule has 0 aromatic carbocycles. The standard InChI is InChI=1S/C12H15N5OS.ClH/c1-2-5-8(13)10(18)15-12-17-16-11(19-12)9-6-3-4-7-14-9;/h3-4,6-8H,2,5,13H2,1H3,(H,15,17,18);1H. The second-order valence-corrected chi connectivity index (χ2v) is 4.99. The molecular weight excluding hydrogens is 298 g/mol. The highest BCUT2D eigenvalue weighted by atomic mass is 35.5. The van der Waals surface area contributed by atoms with Gasteiger partial charge in [0.25, 0.3) is 0 Å². The van der Waals surface area contributed by atoms with Gasteiger partial charge >= 0.3 is 0 Å². The summed E-state index contributed by atoms with van der Waals surface area (Å²) in [6.07, 6.45) is 3.20. The number of nitrogens with one attached hydrogen (secondary N) is 1. The van der Waals surface area contributed by atoms with E-state index in [2.05, 4.69) is 20.5 Å². The molecule has 0 spiro atoms. The zero-order chi connectivity index (χ0) is 13.7. The van der Waals surface area contributed by atoms with Gasteiger partial charge in [-0.25, -0.2) is 0 Å². The Hall–Kier alpha value is -1.57. The summed E-state index contributed by atoms with van der Waals surface area (Å²) in [5.41, 5.74) is 6.46. The van der Waals surface area contributed by atoms with E-state index in [9.17, 15) is 4.79 Å². The van der Waals surface area contributed by atoms with Gasteiger partial charge in [0.1, 0.15) is 5.69 Å². The number of anilines is 1. The maximum atomic E-state index is 11.7. The zero-order valence-corrected chi connectivity index (χ0v) is 12.6. The molecule has 0 radical (unpaired) electrons. The van der Waals surface area contributed by atoms with Crippen LogP contribution in [-0.2, 0) is 4.79 Å². The summed E-state index contributed by atoms with van der Waals surface area (Å²) in [6.45, 7) is 1.98. The minimum atomic E-state index is -0.507. The zero-order valence-electron chi connectivity index (χ0n) is 10.9. The molecule has 1 unspecified atom stereocenters. The summed E-state index contributed by atoms with van der Waals surface area (Å²) in [6, 6.07) is 5.04. The van der Waals surface area contributed by atoms with Gasteiger partial charge in [0.15, 0.2) is 5.01 Å². The normalized spacial score (nSPS) is 11.5. The van der Waals surface area contributed by atoms with E-state index in [4.69, 9.17) is 5.73 Å². The van der Waals surface area contributed by atoms with E-state index in [1.165, 1.54) is 11.3 Å². The summed E-state index contributed by atoms with van der Waals surface area (Å²) in [5, 5.41) is 11.7. The lowest BCUT2D eigenvalue weighted by Gasteiger charge is -2.08. The molecule has 1 atom stereocenters. The molecule has 0 bridgehead atoms. The van der Waals surface area contributed by atoms with Crippen molar-refractivity contribution in [2.45, 2.75) is 25.8 Å². The molecule has 20 heavy (non-hydrogen) atoms. The summed E-state index contributed by atoms with van der Waals surface area (Å²) < 4.78 is 0. The minimum Gasteiger partial charge on any atom is -0.320 e. The number of amides is 1. The summed E-state index contributed by atoms with van der Waals surface area (Å²) in [4.78, 5) is 15.9. The number of aromatic nitrogens is 3. The number of carbonyl (C=O) groups excluding carboxylic acids is 1. The van der Waals surface area contributed by atoms with Crippen LogP contribution in [0.4, 0.5) is 5.13 Å². The van der Waals surface area contributed by atoms with Gasteiger partial charge in [-0.3, -0.25) is 15.1 Å². The van der Waals surface area contributed by atoms with E-state index in [-0.39, 0.29) is 18.3 Å². The first-order valence-electron chi connectivity index (χ1n) is 6.02. The molecule has 0 aliphatic heterocycles. The Morgan fingerprint density at radius 1 is 1.45 bits per heavy atom. The molecule has 6 nitrogen and oxygen atoms in total. The number of hydrogen-bond acceptors (Lipinski definition) is 6. The Kier molecular flexibility index (Phi) is 6.50. The van der Waals surface area contributed by atoms with Gasteiger partial charge in [-0.15, -0.1) is 22.6 Å². The van der Waals surface area contributed by atoms with Crippen LogP contribution in [0.15, 0.2) is 24.4 Å². The highest BCUT2D eigenvalue weighted by molar-refractivity contribution is 7.18. The molecule has 2 heterocycles. The SMILES string of the molecule is CCCC(N)C(=O)Nc1nnc(-c2ccccn2)s1.Cl. The predicted molar refractivity (Wildman–Crippen MR) is 81.9 cm³/mol. The molecule has 0 aliphatic rings. The molecule has 2 aromatic rings. The monoisotopic (exact) mass is 313 g/mol. The van der Waals surface area contributed by atoms with Crippen LogP contribution in [0, 0.1) is 0 Å². The molecule has 2 aromatic heterocycles. The van der Waals surface area contributed by atoms with E-state index in [1.807, 2.05) is 25.1 Å². The first-order valence-corrected chi connectivity index (χ1v) is 6.83. The second kappa shape index (κ2) is 7.88. The Morgan fingerprint density at radius 3 is 2.90 bits per heavy atom. The number of pyridine rings is 1. The molecule has 0 aliphatic carbocycles. The van der Waals surface area contributed by atoms with Crippen LogP contribution >= 0.6 is 23.7 Å². The van der Waals surface area contributed by atoms with Crippen molar-refractivity contribution in [3.05, 3.63) is 24.4 Å². The Labute approximate surface area is 127 Å². The number of hydrogen-bond donors (Lipinski definition) is 2. The average Bonchev–Trinajstić information content (AvgIpc) is 2.88. The topological polar surface area (TPSA) is 93.8 Å². The summed E-state index contributed by atoms with van der Waals surface area (Å²) >= 11 is 1.28. The van der Waals surface area contributed by atoms with Crippen LogP contribution < -0.4 is 11.1 Å². The number of rotatable bonds is 5. The van der Waals surface area contributed by atoms with Crippen LogP contribution in [0.1, 0.15) is 19.8 Å². The quantitative estimate of drug-likeness (QED) is 0.881. The smallest absolute Gasteiger partial charge is 0.243 e. The van der Waals surface area contributed by atoms with Crippen LogP contribution in [0.25, 0.3) is 10.7 Å². The lowest BCUT2D eigenvalue weighted by atomic mass is 10.2. The molecular formula is C12H16ClN5OS. The van der Waals surface area contributed by atoms with Crippen molar-refractivity contribution in [1.82, 2.24) is 15.2 Å². The van der Waals surface area contributed by atoms with Gasteiger partial charge in [0.2, 0.25) is 11.0 Å². The molecule has 0 saturated carbocycles. The minimum absolute atomic E-state index is 0. The molecule has 8 heteroatoms. The fourth-order valence-corrected chi connectivity index (χ4v) is 2.23. The average molecular weight is 314 g/mol. The number of nitrogens with zero attached hydrogens (tertiary/aromatic N) is 3. The first-order chi connectivity index (χ1) is 9.20. The van der Waals surface area contributed by atoms with Crippen molar-refractivity contribution in [1.29, 1.82) is 0 Å². The van der Waals surface area contributed by atoms with Crippen LogP contribution in [0.2, 0.25) is 0 Å². The van der Waals surface area contributed by atoms with Crippen molar-refractivity contribution in [2.75, 3.05) is 5.32 Å². The first kappa shape index (κ1) is 16.5. The largest absolute Gasteiger partial charge is 0.320 e. The van der Waals surface area contributed by atoms with Gasteiger partial charge in [0, 0.05) is 6.20 Å². The van der Waals surface area contributed by atoms with E-state index < -0.39 is 6.04 Å². The fourth-order valence-electron chi connectivity index (χ4n) is 1.51. The number of nitrogens with two attached hydrogens (primary N) is 1. The molecule has 2 rings (SSSR count). The van der Waals surface area contributed by atoms with E-state index in [1.54, 1.807) is 6.20 Å². The third-order valence-electron chi connectivity index (χ3n) is 2.48. The van der Waals surface area contributed by atoms with E-state index >= 15 is 0 Å². The van der Waals surface area contributed by atoms with E-state index in [0.717, 1.165) is 12.1 Å². The third-order valence-corrected chi connectivity index (χ3v) is 3.34. The summed E-state index contributed by atoms with van der Waals surface area (Å²) in [5.74, 6) is -0.231. The summed E-state index contributed by atoms with van der Waals surface area (Å²) in [7, 11) is 0. The van der Waals surface area contributed by atoms with Crippen molar-refractivity contribution in [3.63, 3.8) is 0 Å². The second-order valence-electron chi connectivity index (χ2n) is 4.01. The van der Waals surface area contributed by atoms with Gasteiger partial charge in [-0.1, -0.05) is 30.7 Å². The number of halogens is 1. The van der Waals surface area contributed by atoms with Crippen molar-refractivity contribution in [2.24, 2.45) is 5.73 Å². The lowest BCUT2D eigenvalue weighted by molar-refractivity contribution is -0.117. The lowest BCUT2D eigenvalue weighted by Crippen LogP contribution is -2.35. The Morgan fingerprint density at radius 2 is 2.25 bits per heavy atom. The molecule has 3 N–H and O–H groups in total. The van der Waals surface area contributed by atoms with Gasteiger partial charge in [0.05, 0.1) is 6.04 Å². The third kappa shape index (κ3) is 4.22. The van der Waals surface area contributed by atoms with Crippen molar-refractivity contribution in [3.8, 4) is 10.7 Å². The van der Waals surface area contributed by atoms with Crippen LogP contribution in [-0.4, -0.2) is 27.1 Å². The fraction of sp³-hybridized carbons (Fsp3) is 0.333. The van der Waals surface area contributed by atoms with Crippen LogP contribution in [0.5, 0.6) is 0 Å². The molecule has 0 saturated heterocycles. The number of carbonyl (C=O) groups is 1. The van der Waals surface area contributed by atoms with Crippen molar-refractivity contribution >= 4 is 34.8 Å². The molecule has 108 valence electrons. The Bertz CT molecular complexity index is 548. The predicted octanol–water partition coefficient (Wildman–Crippen LogP) is 2.09. The highest BCUT2D eigenvalue weighted by Crippen LogP contribution is 2.24. The van der Waals surface area contributed by atoms with Gasteiger partial charge in [-0.05, 0) is 18.6 Å². The van der Waals surface area contributed by atoms with Gasteiger partial charge in [-0.2, -0.15) is 0 Å². The van der Waals surface area contributed by atoms with Crippen molar-refractivity contribution < 1.29 is 4.79 Å². The van der Waals surface area contributed by atoms with Gasteiger partial charge < -0.3 is 5.73 Å². The maximum Gasteiger partial charge on any atom is 0.243 e. The Balaban J connectivity index is 0.00000200. The maximum absolute atomic E-state index is 11.7. The molecule has 1 amide bonds. The van der Waals surface area contributed by atoms with E-state index in [0.29, 0.717) is 16.6 Å².